The summed E-state index contributed by atoms with van der Waals surface area (Å²) in [4.78, 5) is 15.6. The summed E-state index contributed by atoms with van der Waals surface area (Å²) in [7, 11) is 0. The summed E-state index contributed by atoms with van der Waals surface area (Å²) >= 11 is 2.98. The highest BCUT2D eigenvalue weighted by Gasteiger charge is 2.34. The van der Waals surface area contributed by atoms with Gasteiger partial charge in [-0.05, 0) is 30.3 Å². The molecule has 1 amide bonds. The van der Waals surface area contributed by atoms with Crippen molar-refractivity contribution in [1.82, 2.24) is 4.98 Å². The van der Waals surface area contributed by atoms with Crippen molar-refractivity contribution >= 4 is 27.5 Å². The summed E-state index contributed by atoms with van der Waals surface area (Å²) in [5.41, 5.74) is -0.965. The number of carbonyl (C=O) groups is 1. The lowest BCUT2D eigenvalue weighted by atomic mass is 10.1. The third-order valence-corrected chi connectivity index (χ3v) is 2.97. The number of nitrogens with zero attached hydrogens (tertiary/aromatic N) is 1. The van der Waals surface area contributed by atoms with Crippen molar-refractivity contribution in [1.29, 1.82) is 0 Å². The first-order valence-corrected chi connectivity index (χ1v) is 6.25. The van der Waals surface area contributed by atoms with E-state index in [-0.39, 0.29) is 15.7 Å². The Labute approximate surface area is 121 Å². The molecule has 0 atom stereocenters. The van der Waals surface area contributed by atoms with Crippen molar-refractivity contribution in [2.24, 2.45) is 0 Å². The van der Waals surface area contributed by atoms with Gasteiger partial charge < -0.3 is 5.32 Å². The molecule has 0 saturated carbocycles. The van der Waals surface area contributed by atoms with Crippen molar-refractivity contribution in [3.8, 4) is 0 Å². The minimum Gasteiger partial charge on any atom is -0.321 e. The van der Waals surface area contributed by atoms with Gasteiger partial charge in [0, 0.05) is 22.4 Å². The van der Waals surface area contributed by atoms with Gasteiger partial charge in [-0.3, -0.25) is 9.78 Å². The van der Waals surface area contributed by atoms with Gasteiger partial charge in [0.1, 0.15) is 0 Å². The number of benzene rings is 1. The van der Waals surface area contributed by atoms with Crippen LogP contribution in [-0.2, 0) is 6.18 Å². The van der Waals surface area contributed by atoms with Crippen LogP contribution in [0, 0.1) is 0 Å². The van der Waals surface area contributed by atoms with E-state index in [2.05, 4.69) is 26.2 Å². The number of nitrogens with one attached hydrogen (secondary N) is 1. The first-order valence-electron chi connectivity index (χ1n) is 5.46. The maximum absolute atomic E-state index is 12.9. The van der Waals surface area contributed by atoms with Crippen molar-refractivity contribution in [3.05, 3.63) is 58.3 Å². The van der Waals surface area contributed by atoms with Crippen molar-refractivity contribution in [2.75, 3.05) is 5.32 Å². The first-order chi connectivity index (χ1) is 9.38. The summed E-state index contributed by atoms with van der Waals surface area (Å²) in [5.74, 6) is -0.625. The molecule has 2 aromatic rings. The first kappa shape index (κ1) is 14.5. The molecule has 104 valence electrons. The molecule has 0 fully saturated rings. The van der Waals surface area contributed by atoms with Crippen LogP contribution in [0.5, 0.6) is 0 Å². The van der Waals surface area contributed by atoms with Crippen LogP contribution < -0.4 is 5.32 Å². The predicted octanol–water partition coefficient (Wildman–Crippen LogP) is 4.12. The topological polar surface area (TPSA) is 42.0 Å². The summed E-state index contributed by atoms with van der Waals surface area (Å²) in [5, 5.41) is 2.25. The van der Waals surface area contributed by atoms with Gasteiger partial charge in [0.15, 0.2) is 0 Å². The van der Waals surface area contributed by atoms with Crippen LogP contribution >= 0.6 is 15.9 Å². The highest BCUT2D eigenvalue weighted by molar-refractivity contribution is 9.10. The molecule has 0 aliphatic rings. The number of halogens is 4. The predicted molar refractivity (Wildman–Crippen MR) is 71.3 cm³/mol. The summed E-state index contributed by atoms with van der Waals surface area (Å²) in [6.45, 7) is 0. The Morgan fingerprint density at radius 1 is 1.15 bits per heavy atom. The summed E-state index contributed by atoms with van der Waals surface area (Å²) < 4.78 is 39.0. The fourth-order valence-corrected chi connectivity index (χ4v) is 1.92. The zero-order valence-corrected chi connectivity index (χ0v) is 11.5. The van der Waals surface area contributed by atoms with E-state index in [1.54, 1.807) is 0 Å². The monoisotopic (exact) mass is 344 g/mol. The molecule has 1 heterocycles. The fourth-order valence-electron chi connectivity index (χ4n) is 1.56. The second kappa shape index (κ2) is 5.62. The minimum atomic E-state index is -4.55. The quantitative estimate of drug-likeness (QED) is 0.890. The average Bonchev–Trinajstić information content (AvgIpc) is 2.40. The van der Waals surface area contributed by atoms with E-state index < -0.39 is 17.6 Å². The molecule has 0 radical (unpaired) electrons. The third-order valence-electron chi connectivity index (χ3n) is 2.48. The second-order valence-electron chi connectivity index (χ2n) is 3.88. The molecule has 0 aliphatic carbocycles. The normalized spacial score (nSPS) is 11.2. The van der Waals surface area contributed by atoms with Gasteiger partial charge in [0.2, 0.25) is 0 Å². The lowest BCUT2D eigenvalue weighted by Gasteiger charge is -2.14. The Bertz CT molecular complexity index is 629. The van der Waals surface area contributed by atoms with Gasteiger partial charge in [-0.25, -0.2) is 0 Å². The lowest BCUT2D eigenvalue weighted by molar-refractivity contribution is -0.136. The Hall–Kier alpha value is -1.89. The molecule has 0 aliphatic heterocycles. The Morgan fingerprint density at radius 2 is 1.80 bits per heavy atom. The summed E-state index contributed by atoms with van der Waals surface area (Å²) in [6, 6.07) is 6.38. The Balaban J connectivity index is 2.33. The molecular formula is C13H8BrF3N2O. The Morgan fingerprint density at radius 3 is 2.40 bits per heavy atom. The van der Waals surface area contributed by atoms with Crippen LogP contribution in [0.1, 0.15) is 15.9 Å². The average molecular weight is 345 g/mol. The maximum atomic E-state index is 12.9. The van der Waals surface area contributed by atoms with Crippen LogP contribution in [0.15, 0.2) is 47.2 Å². The molecule has 1 N–H and O–H groups in total. The zero-order valence-electron chi connectivity index (χ0n) is 9.91. The van der Waals surface area contributed by atoms with Crippen molar-refractivity contribution in [2.45, 2.75) is 6.18 Å². The van der Waals surface area contributed by atoms with Crippen LogP contribution in [0.25, 0.3) is 0 Å². The number of anilines is 1. The van der Waals surface area contributed by atoms with Crippen LogP contribution in [0.3, 0.4) is 0 Å². The van der Waals surface area contributed by atoms with E-state index in [9.17, 15) is 18.0 Å². The molecule has 1 aromatic carbocycles. The number of rotatable bonds is 2. The highest BCUT2D eigenvalue weighted by atomic mass is 79.9. The standard InChI is InChI=1S/C13H8BrF3N2O/c14-9-1-2-11(10(7-9)13(15,16)17)19-12(20)8-3-5-18-6-4-8/h1-7H,(H,19,20). The minimum absolute atomic E-state index is 0.232. The van der Waals surface area contributed by atoms with E-state index in [0.717, 1.165) is 6.07 Å². The van der Waals surface area contributed by atoms with Crippen LogP contribution in [0.2, 0.25) is 0 Å². The highest BCUT2D eigenvalue weighted by Crippen LogP contribution is 2.36. The van der Waals surface area contributed by atoms with E-state index in [1.807, 2.05) is 0 Å². The largest absolute Gasteiger partial charge is 0.418 e. The van der Waals surface area contributed by atoms with Gasteiger partial charge in [-0.15, -0.1) is 0 Å². The van der Waals surface area contributed by atoms with Gasteiger partial charge in [-0.1, -0.05) is 15.9 Å². The second-order valence-corrected chi connectivity index (χ2v) is 4.79. The number of amides is 1. The van der Waals surface area contributed by atoms with Crippen LogP contribution in [-0.4, -0.2) is 10.9 Å². The molecule has 1 aromatic heterocycles. The number of alkyl halides is 3. The number of pyridine rings is 1. The fraction of sp³-hybridized carbons (Fsp3) is 0.0769. The maximum Gasteiger partial charge on any atom is 0.418 e. The van der Waals surface area contributed by atoms with E-state index in [1.165, 1.54) is 36.7 Å². The molecule has 0 saturated heterocycles. The molecule has 0 unspecified atom stereocenters. The smallest absolute Gasteiger partial charge is 0.321 e. The number of hydrogen-bond donors (Lipinski definition) is 1. The van der Waals surface area contributed by atoms with Gasteiger partial charge in [-0.2, -0.15) is 13.2 Å². The number of hydrogen-bond acceptors (Lipinski definition) is 2. The van der Waals surface area contributed by atoms with E-state index in [4.69, 9.17) is 0 Å². The SMILES string of the molecule is O=C(Nc1ccc(Br)cc1C(F)(F)F)c1ccncc1. The molecule has 0 bridgehead atoms. The molecule has 3 nitrogen and oxygen atoms in total. The molecule has 20 heavy (non-hydrogen) atoms. The molecule has 2 rings (SSSR count). The summed E-state index contributed by atoms with van der Waals surface area (Å²) in [6.07, 6.45) is -1.77. The lowest BCUT2D eigenvalue weighted by Crippen LogP contribution is -2.16. The van der Waals surface area contributed by atoms with Crippen molar-refractivity contribution < 1.29 is 18.0 Å². The molecular weight excluding hydrogens is 337 g/mol. The van der Waals surface area contributed by atoms with Crippen LogP contribution in [0.4, 0.5) is 18.9 Å². The van der Waals surface area contributed by atoms with Gasteiger partial charge in [0.25, 0.3) is 5.91 Å². The van der Waals surface area contributed by atoms with Gasteiger partial charge in [0.05, 0.1) is 11.3 Å². The third kappa shape index (κ3) is 3.36. The van der Waals surface area contributed by atoms with E-state index >= 15 is 0 Å². The van der Waals surface area contributed by atoms with Gasteiger partial charge >= 0.3 is 6.18 Å². The molecule has 7 heteroatoms. The molecule has 0 spiro atoms. The number of carbonyl (C=O) groups excluding carboxylic acids is 1. The Kier molecular flexibility index (Phi) is 4.08. The number of aromatic nitrogens is 1. The zero-order chi connectivity index (χ0) is 14.8. The van der Waals surface area contributed by atoms with E-state index in [0.29, 0.717) is 0 Å². The van der Waals surface area contributed by atoms with Crippen molar-refractivity contribution in [3.63, 3.8) is 0 Å².